The molecule has 1 aliphatic heterocycles. The first-order chi connectivity index (χ1) is 13.8. The highest BCUT2D eigenvalue weighted by molar-refractivity contribution is 9.10. The van der Waals surface area contributed by atoms with Gasteiger partial charge in [0, 0.05) is 17.4 Å². The average Bonchev–Trinajstić information content (AvgIpc) is 3.06. The number of benzene rings is 2. The van der Waals surface area contributed by atoms with E-state index >= 15 is 0 Å². The molecule has 0 unspecified atom stereocenters. The van der Waals surface area contributed by atoms with E-state index in [-0.39, 0.29) is 23.9 Å². The first kappa shape index (κ1) is 21.9. The van der Waals surface area contributed by atoms with Crippen LogP contribution < -0.4 is 10.2 Å². The number of anilines is 2. The second kappa shape index (κ2) is 9.34. The van der Waals surface area contributed by atoms with E-state index < -0.39 is 24.4 Å². The lowest BCUT2D eigenvalue weighted by Crippen LogP contribution is -2.28. The van der Waals surface area contributed by atoms with E-state index in [9.17, 15) is 14.4 Å². The minimum atomic E-state index is -0.707. The average molecular weight is 521 g/mol. The van der Waals surface area contributed by atoms with Crippen LogP contribution >= 0.6 is 50.7 Å². The molecule has 10 heteroatoms. The van der Waals surface area contributed by atoms with Crippen LogP contribution in [0.2, 0.25) is 15.1 Å². The van der Waals surface area contributed by atoms with Crippen molar-refractivity contribution in [2.75, 3.05) is 23.4 Å². The number of carbonyl (C=O) groups excluding carboxylic acids is 3. The molecule has 1 saturated heterocycles. The molecule has 6 nitrogen and oxygen atoms in total. The fraction of sp³-hybridized carbons (Fsp3) is 0.211. The van der Waals surface area contributed by atoms with Crippen molar-refractivity contribution >= 4 is 79.9 Å². The topological polar surface area (TPSA) is 75.7 Å². The summed E-state index contributed by atoms with van der Waals surface area (Å²) >= 11 is 21.5. The van der Waals surface area contributed by atoms with Gasteiger partial charge in [-0.1, -0.05) is 56.8 Å². The highest BCUT2D eigenvalue weighted by atomic mass is 79.9. The molecule has 0 radical (unpaired) electrons. The predicted octanol–water partition coefficient (Wildman–Crippen LogP) is 4.94. The highest BCUT2D eigenvalue weighted by Gasteiger charge is 2.37. The molecule has 29 heavy (non-hydrogen) atoms. The first-order valence-corrected chi connectivity index (χ1v) is 10.3. The number of hydrogen-bond acceptors (Lipinski definition) is 4. The summed E-state index contributed by atoms with van der Waals surface area (Å²) in [4.78, 5) is 38.1. The quantitative estimate of drug-likeness (QED) is 0.567. The summed E-state index contributed by atoms with van der Waals surface area (Å²) in [6.45, 7) is -0.397. The fourth-order valence-electron chi connectivity index (χ4n) is 2.83. The minimum absolute atomic E-state index is 0.0398. The summed E-state index contributed by atoms with van der Waals surface area (Å²) in [5.41, 5.74) is 0.829. The van der Waals surface area contributed by atoms with Crippen molar-refractivity contribution in [3.05, 3.63) is 55.9 Å². The van der Waals surface area contributed by atoms with Crippen LogP contribution in [-0.4, -0.2) is 30.9 Å². The Morgan fingerprint density at radius 3 is 2.66 bits per heavy atom. The molecule has 152 valence electrons. The third kappa shape index (κ3) is 5.22. The Bertz CT molecular complexity index is 986. The summed E-state index contributed by atoms with van der Waals surface area (Å²) in [6.07, 6.45) is -0.0398. The van der Waals surface area contributed by atoms with E-state index in [0.717, 1.165) is 4.47 Å². The van der Waals surface area contributed by atoms with E-state index in [4.69, 9.17) is 39.5 Å². The van der Waals surface area contributed by atoms with Crippen molar-refractivity contribution in [3.8, 4) is 0 Å². The van der Waals surface area contributed by atoms with E-state index in [1.54, 1.807) is 36.4 Å². The zero-order valence-electron chi connectivity index (χ0n) is 14.8. The van der Waals surface area contributed by atoms with Crippen molar-refractivity contribution < 1.29 is 19.1 Å². The molecule has 3 rings (SSSR count). The molecule has 0 spiro atoms. The summed E-state index contributed by atoms with van der Waals surface area (Å²) in [5.74, 6) is -2.17. The molecule has 1 heterocycles. The van der Waals surface area contributed by atoms with Crippen LogP contribution in [-0.2, 0) is 19.1 Å². The van der Waals surface area contributed by atoms with Crippen molar-refractivity contribution in [2.24, 2.45) is 5.92 Å². The lowest BCUT2D eigenvalue weighted by Gasteiger charge is -2.18. The molecule has 1 N–H and O–H groups in total. The zero-order valence-corrected chi connectivity index (χ0v) is 18.6. The molecule has 1 aliphatic rings. The van der Waals surface area contributed by atoms with Gasteiger partial charge in [-0.15, -0.1) is 0 Å². The van der Waals surface area contributed by atoms with Gasteiger partial charge < -0.3 is 15.0 Å². The zero-order chi connectivity index (χ0) is 21.1. The molecule has 0 saturated carbocycles. The van der Waals surface area contributed by atoms with Gasteiger partial charge in [-0.25, -0.2) is 0 Å². The van der Waals surface area contributed by atoms with Gasteiger partial charge in [0.2, 0.25) is 5.91 Å². The Kier molecular flexibility index (Phi) is 7.05. The number of hydrogen-bond donors (Lipinski definition) is 1. The van der Waals surface area contributed by atoms with Gasteiger partial charge in [0.05, 0.1) is 32.4 Å². The van der Waals surface area contributed by atoms with E-state index in [1.807, 2.05) is 0 Å². The van der Waals surface area contributed by atoms with Crippen LogP contribution in [0, 0.1) is 5.92 Å². The second-order valence-electron chi connectivity index (χ2n) is 6.26. The summed E-state index contributed by atoms with van der Waals surface area (Å²) in [5, 5.41) is 3.45. The van der Waals surface area contributed by atoms with Crippen LogP contribution in [0.4, 0.5) is 11.4 Å². The van der Waals surface area contributed by atoms with Crippen LogP contribution in [0.1, 0.15) is 6.42 Å². The number of ether oxygens (including phenoxy) is 1. The SMILES string of the molecule is O=C(COC(=O)[C@@H]1CC(=O)N(c2cccc(Cl)c2Cl)C1)Nc1ccc(Br)cc1Cl. The maximum atomic E-state index is 12.3. The molecular weight excluding hydrogens is 506 g/mol. The van der Waals surface area contributed by atoms with E-state index in [2.05, 4.69) is 21.2 Å². The predicted molar refractivity (Wildman–Crippen MR) is 116 cm³/mol. The number of nitrogens with one attached hydrogen (secondary N) is 1. The number of rotatable bonds is 5. The number of nitrogens with zero attached hydrogens (tertiary/aromatic N) is 1. The minimum Gasteiger partial charge on any atom is -0.455 e. The molecule has 2 aromatic carbocycles. The van der Waals surface area contributed by atoms with Crippen molar-refractivity contribution in [1.29, 1.82) is 0 Å². The van der Waals surface area contributed by atoms with Crippen molar-refractivity contribution in [3.63, 3.8) is 0 Å². The fourth-order valence-corrected chi connectivity index (χ4v) is 3.95. The van der Waals surface area contributed by atoms with Gasteiger partial charge in [0.25, 0.3) is 5.91 Å². The summed E-state index contributed by atoms with van der Waals surface area (Å²) < 4.78 is 5.83. The van der Waals surface area contributed by atoms with E-state index in [0.29, 0.717) is 21.4 Å². The standard InChI is InChI=1S/C19H14BrCl3N2O4/c20-11-4-5-14(13(22)7-11)24-16(26)9-29-19(28)10-6-17(27)25(8-10)15-3-1-2-12(21)18(15)23/h1-5,7,10H,6,8-9H2,(H,24,26)/t10-/m1/s1. The maximum Gasteiger partial charge on any atom is 0.311 e. The lowest BCUT2D eigenvalue weighted by atomic mass is 10.1. The van der Waals surface area contributed by atoms with Gasteiger partial charge in [0.15, 0.2) is 6.61 Å². The molecule has 0 aromatic heterocycles. The van der Waals surface area contributed by atoms with Gasteiger partial charge in [-0.3, -0.25) is 14.4 Å². The Hall–Kier alpha value is -1.80. The third-order valence-electron chi connectivity index (χ3n) is 4.23. The molecule has 2 aromatic rings. The smallest absolute Gasteiger partial charge is 0.311 e. The van der Waals surface area contributed by atoms with Crippen LogP contribution in [0.15, 0.2) is 40.9 Å². The van der Waals surface area contributed by atoms with E-state index in [1.165, 1.54) is 4.90 Å². The summed E-state index contributed by atoms with van der Waals surface area (Å²) in [7, 11) is 0. The van der Waals surface area contributed by atoms with Crippen LogP contribution in [0.5, 0.6) is 0 Å². The Morgan fingerprint density at radius 2 is 1.93 bits per heavy atom. The Morgan fingerprint density at radius 1 is 1.17 bits per heavy atom. The van der Waals surface area contributed by atoms with Gasteiger partial charge in [0.1, 0.15) is 0 Å². The first-order valence-electron chi connectivity index (χ1n) is 8.42. The molecule has 0 aliphatic carbocycles. The molecule has 1 fully saturated rings. The molecule has 1 atom stereocenters. The third-order valence-corrected chi connectivity index (χ3v) is 5.85. The van der Waals surface area contributed by atoms with Crippen LogP contribution in [0.3, 0.4) is 0 Å². The van der Waals surface area contributed by atoms with Gasteiger partial charge >= 0.3 is 5.97 Å². The number of amides is 2. The second-order valence-corrected chi connectivity index (χ2v) is 8.37. The highest BCUT2D eigenvalue weighted by Crippen LogP contribution is 2.36. The number of esters is 1. The molecule has 2 amide bonds. The Balaban J connectivity index is 1.56. The van der Waals surface area contributed by atoms with Gasteiger partial charge in [-0.2, -0.15) is 0 Å². The lowest BCUT2D eigenvalue weighted by molar-refractivity contribution is -0.151. The van der Waals surface area contributed by atoms with Crippen molar-refractivity contribution in [1.82, 2.24) is 0 Å². The molecule has 0 bridgehead atoms. The molecular formula is C19H14BrCl3N2O4. The number of carbonyl (C=O) groups is 3. The monoisotopic (exact) mass is 518 g/mol. The summed E-state index contributed by atoms with van der Waals surface area (Å²) in [6, 6.07) is 9.88. The van der Waals surface area contributed by atoms with Crippen molar-refractivity contribution in [2.45, 2.75) is 6.42 Å². The largest absolute Gasteiger partial charge is 0.455 e. The Labute approximate surface area is 190 Å². The normalized spacial score (nSPS) is 16.1. The maximum absolute atomic E-state index is 12.3. The van der Waals surface area contributed by atoms with Crippen LogP contribution in [0.25, 0.3) is 0 Å². The number of halogens is 4. The van der Waals surface area contributed by atoms with Gasteiger partial charge in [-0.05, 0) is 30.3 Å².